The highest BCUT2D eigenvalue weighted by Gasteiger charge is 2.34. The van der Waals surface area contributed by atoms with Crippen LogP contribution in [0, 0.1) is 0 Å². The maximum atomic E-state index is 12.3. The van der Waals surface area contributed by atoms with E-state index in [4.69, 9.17) is 15.6 Å². The van der Waals surface area contributed by atoms with Crippen LogP contribution in [0.4, 0.5) is 13.2 Å². The lowest BCUT2D eigenvalue weighted by molar-refractivity contribution is -0.275. The molecule has 1 aromatic rings. The second-order valence-corrected chi connectivity index (χ2v) is 3.41. The first-order chi connectivity index (χ1) is 8.78. The summed E-state index contributed by atoms with van der Waals surface area (Å²) in [5.41, 5.74) is 5.07. The molecule has 0 aliphatic carbocycles. The van der Waals surface area contributed by atoms with Crippen LogP contribution in [-0.2, 0) is 17.8 Å². The molecule has 0 unspecified atom stereocenters. The van der Waals surface area contributed by atoms with Crippen molar-refractivity contribution in [3.8, 4) is 11.5 Å². The van der Waals surface area contributed by atoms with E-state index in [2.05, 4.69) is 9.72 Å². The molecule has 0 spiro atoms. The molecule has 1 rings (SSSR count). The Balaban J connectivity index is 3.32. The third kappa shape index (κ3) is 3.98. The summed E-state index contributed by atoms with van der Waals surface area (Å²) >= 11 is 0. The smallest absolute Gasteiger partial charge is 0.491 e. The minimum absolute atomic E-state index is 0.0386. The van der Waals surface area contributed by atoms with Gasteiger partial charge in [0.25, 0.3) is 0 Å². The van der Waals surface area contributed by atoms with E-state index >= 15 is 0 Å². The Labute approximate surface area is 105 Å². The van der Waals surface area contributed by atoms with Gasteiger partial charge in [0.1, 0.15) is 0 Å². The molecule has 1 heterocycles. The number of rotatable bonds is 5. The van der Waals surface area contributed by atoms with Gasteiger partial charge in [0.05, 0.1) is 19.2 Å². The number of hydrogen-bond donors (Lipinski definition) is 2. The summed E-state index contributed by atoms with van der Waals surface area (Å²) in [7, 11) is 1.09. The van der Waals surface area contributed by atoms with E-state index in [1.165, 1.54) is 0 Å². The molecule has 0 aliphatic heterocycles. The van der Waals surface area contributed by atoms with Crippen LogP contribution in [0.1, 0.15) is 11.3 Å². The quantitative estimate of drug-likeness (QED) is 0.838. The van der Waals surface area contributed by atoms with Crippen LogP contribution in [0.3, 0.4) is 0 Å². The van der Waals surface area contributed by atoms with Gasteiger partial charge in [-0.3, -0.25) is 9.78 Å². The number of nitrogens with zero attached hydrogens (tertiary/aromatic N) is 1. The number of aromatic nitrogens is 1. The van der Waals surface area contributed by atoms with Gasteiger partial charge < -0.3 is 20.3 Å². The SMILES string of the molecule is COc1c(CC(=O)O)ncc(CN)c1OC(F)(F)F. The summed E-state index contributed by atoms with van der Waals surface area (Å²) in [4.78, 5) is 14.3. The number of carboxylic acid groups (broad SMARTS) is 1. The minimum Gasteiger partial charge on any atom is -0.491 e. The Morgan fingerprint density at radius 2 is 2.11 bits per heavy atom. The zero-order chi connectivity index (χ0) is 14.6. The number of ether oxygens (including phenoxy) is 2. The van der Waals surface area contributed by atoms with Gasteiger partial charge in [-0.05, 0) is 0 Å². The monoisotopic (exact) mass is 280 g/mol. The van der Waals surface area contributed by atoms with E-state index in [9.17, 15) is 18.0 Å². The van der Waals surface area contributed by atoms with Crippen LogP contribution in [0.25, 0.3) is 0 Å². The van der Waals surface area contributed by atoms with Crippen molar-refractivity contribution in [3.63, 3.8) is 0 Å². The summed E-state index contributed by atoms with van der Waals surface area (Å²) in [5, 5.41) is 8.65. The van der Waals surface area contributed by atoms with Gasteiger partial charge in [-0.2, -0.15) is 0 Å². The van der Waals surface area contributed by atoms with Crippen molar-refractivity contribution >= 4 is 5.97 Å². The molecule has 0 saturated carbocycles. The summed E-state index contributed by atoms with van der Waals surface area (Å²) in [6.07, 6.45) is -4.51. The van der Waals surface area contributed by atoms with E-state index < -0.39 is 24.5 Å². The average molecular weight is 280 g/mol. The van der Waals surface area contributed by atoms with Crippen LogP contribution in [0.2, 0.25) is 0 Å². The predicted molar refractivity (Wildman–Crippen MR) is 56.7 cm³/mol. The molecule has 106 valence electrons. The third-order valence-corrected chi connectivity index (χ3v) is 2.10. The highest BCUT2D eigenvalue weighted by atomic mass is 19.4. The molecular weight excluding hydrogens is 269 g/mol. The first-order valence-electron chi connectivity index (χ1n) is 5.00. The van der Waals surface area contributed by atoms with E-state index in [0.717, 1.165) is 13.3 Å². The molecule has 0 aromatic carbocycles. The van der Waals surface area contributed by atoms with E-state index in [0.29, 0.717) is 0 Å². The topological polar surface area (TPSA) is 94.7 Å². The summed E-state index contributed by atoms with van der Waals surface area (Å²) in [5.74, 6) is -2.31. The number of aliphatic carboxylic acids is 1. The Morgan fingerprint density at radius 1 is 1.47 bits per heavy atom. The fourth-order valence-electron chi connectivity index (χ4n) is 1.40. The molecule has 1 aromatic heterocycles. The largest absolute Gasteiger partial charge is 0.573 e. The Bertz CT molecular complexity index is 477. The molecule has 0 atom stereocenters. The van der Waals surface area contributed by atoms with Crippen molar-refractivity contribution in [3.05, 3.63) is 17.5 Å². The lowest BCUT2D eigenvalue weighted by Crippen LogP contribution is -2.20. The summed E-state index contributed by atoms with van der Waals surface area (Å²) in [6, 6.07) is 0. The highest BCUT2D eigenvalue weighted by Crippen LogP contribution is 2.37. The van der Waals surface area contributed by atoms with Gasteiger partial charge in [0.2, 0.25) is 0 Å². The number of pyridine rings is 1. The fourth-order valence-corrected chi connectivity index (χ4v) is 1.40. The lowest BCUT2D eigenvalue weighted by Gasteiger charge is -2.17. The number of hydrogen-bond acceptors (Lipinski definition) is 5. The van der Waals surface area contributed by atoms with Crippen LogP contribution in [-0.4, -0.2) is 29.5 Å². The van der Waals surface area contributed by atoms with Crippen molar-refractivity contribution < 1.29 is 32.5 Å². The van der Waals surface area contributed by atoms with Crippen LogP contribution in [0.5, 0.6) is 11.5 Å². The number of carbonyl (C=O) groups is 1. The second-order valence-electron chi connectivity index (χ2n) is 3.41. The Kier molecular flexibility index (Phi) is 4.54. The van der Waals surface area contributed by atoms with E-state index in [1.54, 1.807) is 0 Å². The van der Waals surface area contributed by atoms with Gasteiger partial charge in [-0.15, -0.1) is 13.2 Å². The van der Waals surface area contributed by atoms with Crippen molar-refractivity contribution in [2.45, 2.75) is 19.3 Å². The molecule has 0 radical (unpaired) electrons. The van der Waals surface area contributed by atoms with Crippen molar-refractivity contribution in [2.75, 3.05) is 7.11 Å². The highest BCUT2D eigenvalue weighted by molar-refractivity contribution is 5.71. The van der Waals surface area contributed by atoms with Crippen molar-refractivity contribution in [2.24, 2.45) is 5.73 Å². The molecule has 0 amide bonds. The molecule has 6 nitrogen and oxygen atoms in total. The van der Waals surface area contributed by atoms with Gasteiger partial charge in [0, 0.05) is 18.3 Å². The van der Waals surface area contributed by atoms with Gasteiger partial charge >= 0.3 is 12.3 Å². The molecule has 0 bridgehead atoms. The first kappa shape index (κ1) is 15.0. The van der Waals surface area contributed by atoms with Crippen LogP contribution in [0.15, 0.2) is 6.20 Å². The molecule has 0 saturated heterocycles. The van der Waals surface area contributed by atoms with Crippen molar-refractivity contribution in [1.29, 1.82) is 0 Å². The van der Waals surface area contributed by atoms with Crippen molar-refractivity contribution in [1.82, 2.24) is 4.98 Å². The molecule has 0 fully saturated rings. The Morgan fingerprint density at radius 3 is 2.53 bits per heavy atom. The Hall–Kier alpha value is -2.03. The average Bonchev–Trinajstić information content (AvgIpc) is 2.27. The number of alkyl halides is 3. The standard InChI is InChI=1S/C10H11F3N2O4/c1-18-9-6(2-7(16)17)15-4-5(3-14)8(9)19-10(11,12)13/h4H,2-3,14H2,1H3,(H,16,17). The zero-order valence-electron chi connectivity index (χ0n) is 9.82. The maximum Gasteiger partial charge on any atom is 0.573 e. The number of carboxylic acids is 1. The second kappa shape index (κ2) is 5.74. The summed E-state index contributed by atoms with van der Waals surface area (Å²) < 4.78 is 45.5. The number of halogens is 3. The molecule has 3 N–H and O–H groups in total. The normalized spacial score (nSPS) is 11.2. The number of methoxy groups -OCH3 is 1. The molecular formula is C10H11F3N2O4. The molecule has 0 aliphatic rings. The maximum absolute atomic E-state index is 12.3. The third-order valence-electron chi connectivity index (χ3n) is 2.10. The molecule has 9 heteroatoms. The lowest BCUT2D eigenvalue weighted by atomic mass is 10.1. The van der Waals surface area contributed by atoms with Gasteiger partial charge in [0.15, 0.2) is 11.5 Å². The zero-order valence-corrected chi connectivity index (χ0v) is 9.82. The minimum atomic E-state index is -4.95. The first-order valence-corrected chi connectivity index (χ1v) is 5.00. The number of nitrogens with two attached hydrogens (primary N) is 1. The summed E-state index contributed by atoms with van der Waals surface area (Å²) in [6.45, 7) is -0.262. The van der Waals surface area contributed by atoms with Crippen LogP contribution >= 0.6 is 0 Å². The molecule has 19 heavy (non-hydrogen) atoms. The van der Waals surface area contributed by atoms with E-state index in [1.807, 2.05) is 0 Å². The fraction of sp³-hybridized carbons (Fsp3) is 0.400. The van der Waals surface area contributed by atoms with Crippen LogP contribution < -0.4 is 15.2 Å². The van der Waals surface area contributed by atoms with Gasteiger partial charge in [-0.1, -0.05) is 0 Å². The van der Waals surface area contributed by atoms with Gasteiger partial charge in [-0.25, -0.2) is 0 Å². The predicted octanol–water partition coefficient (Wildman–Crippen LogP) is 1.07. The van der Waals surface area contributed by atoms with E-state index in [-0.39, 0.29) is 23.6 Å².